The number of carboxylic acids is 1. The smallest absolute Gasteiger partial charge is 0.319 e. The molecule has 1 aromatic carbocycles. The summed E-state index contributed by atoms with van der Waals surface area (Å²) in [6.07, 6.45) is 0. The fourth-order valence-electron chi connectivity index (χ4n) is 1.77. The zero-order valence-corrected chi connectivity index (χ0v) is 12.5. The van der Waals surface area contributed by atoms with E-state index in [9.17, 15) is 19.1 Å². The lowest BCUT2D eigenvalue weighted by Crippen LogP contribution is -2.31. The lowest BCUT2D eigenvalue weighted by Gasteiger charge is -2.15. The molecule has 2 unspecified atom stereocenters. The number of nitrogens with zero attached hydrogens (tertiary/aromatic N) is 1. The van der Waals surface area contributed by atoms with Crippen LogP contribution in [-0.4, -0.2) is 25.5 Å². The first-order chi connectivity index (χ1) is 9.23. The molecule has 0 fully saturated rings. The van der Waals surface area contributed by atoms with Gasteiger partial charge in [-0.1, -0.05) is 25.4 Å². The third kappa shape index (κ3) is 4.01. The summed E-state index contributed by atoms with van der Waals surface area (Å²) in [7, 11) is -1.75. The van der Waals surface area contributed by atoms with Crippen LogP contribution in [0.15, 0.2) is 18.2 Å². The molecule has 0 aliphatic heterocycles. The molecule has 8 heteroatoms. The monoisotopic (exact) mass is 319 g/mol. The molecule has 0 aliphatic rings. The van der Waals surface area contributed by atoms with Crippen LogP contribution in [0.25, 0.3) is 0 Å². The Morgan fingerprint density at radius 3 is 2.55 bits per heavy atom. The Labute approximate surface area is 123 Å². The zero-order valence-electron chi connectivity index (χ0n) is 10.9. The number of benzene rings is 1. The Morgan fingerprint density at radius 1 is 1.50 bits per heavy atom. The van der Waals surface area contributed by atoms with Crippen molar-refractivity contribution in [1.29, 1.82) is 0 Å². The van der Waals surface area contributed by atoms with Crippen molar-refractivity contribution in [1.82, 2.24) is 0 Å². The van der Waals surface area contributed by atoms with Gasteiger partial charge < -0.3 is 5.11 Å². The molecule has 0 heterocycles. The van der Waals surface area contributed by atoms with Gasteiger partial charge in [0.25, 0.3) is 5.69 Å². The molecule has 1 aromatic rings. The first kappa shape index (κ1) is 16.6. The van der Waals surface area contributed by atoms with E-state index in [4.69, 9.17) is 16.7 Å². The average molecular weight is 320 g/mol. The third-order valence-electron chi connectivity index (χ3n) is 2.67. The minimum absolute atomic E-state index is 0.192. The number of hydrogen-bond donors (Lipinski definition) is 1. The van der Waals surface area contributed by atoms with E-state index in [0.717, 1.165) is 0 Å². The third-order valence-corrected chi connectivity index (χ3v) is 4.82. The minimum Gasteiger partial charge on any atom is -0.480 e. The van der Waals surface area contributed by atoms with Crippen LogP contribution in [0.1, 0.15) is 19.4 Å². The molecular weight excluding hydrogens is 306 g/mol. The summed E-state index contributed by atoms with van der Waals surface area (Å²) in [5.41, 5.74) is -0.0385. The van der Waals surface area contributed by atoms with E-state index < -0.39 is 26.9 Å². The largest absolute Gasteiger partial charge is 0.480 e. The van der Waals surface area contributed by atoms with Gasteiger partial charge in [-0.25, -0.2) is 0 Å². The van der Waals surface area contributed by atoms with Gasteiger partial charge in [-0.15, -0.1) is 0 Å². The number of nitro groups is 1. The first-order valence-corrected chi connectivity index (χ1v) is 7.52. The van der Waals surface area contributed by atoms with E-state index in [-0.39, 0.29) is 27.9 Å². The summed E-state index contributed by atoms with van der Waals surface area (Å²) < 4.78 is 12.1. The molecule has 6 nitrogen and oxygen atoms in total. The van der Waals surface area contributed by atoms with Gasteiger partial charge >= 0.3 is 5.97 Å². The number of hydrogen-bond acceptors (Lipinski definition) is 4. The van der Waals surface area contributed by atoms with E-state index in [1.54, 1.807) is 13.8 Å². The number of carboxylic acid groups (broad SMARTS) is 1. The maximum atomic E-state index is 12.1. The highest BCUT2D eigenvalue weighted by molar-refractivity contribution is 7.85. The molecule has 110 valence electrons. The minimum atomic E-state index is -1.75. The fraction of sp³-hybridized carbons (Fsp3) is 0.417. The van der Waals surface area contributed by atoms with Crippen LogP contribution in [0.5, 0.6) is 0 Å². The molecular formula is C12H14ClNO5S. The van der Waals surface area contributed by atoms with Crippen molar-refractivity contribution >= 4 is 34.1 Å². The maximum Gasteiger partial charge on any atom is 0.319 e. The van der Waals surface area contributed by atoms with Crippen molar-refractivity contribution in [2.45, 2.75) is 24.9 Å². The van der Waals surface area contributed by atoms with Gasteiger partial charge in [-0.2, -0.15) is 0 Å². The molecule has 2 atom stereocenters. The molecule has 20 heavy (non-hydrogen) atoms. The van der Waals surface area contributed by atoms with E-state index >= 15 is 0 Å². The highest BCUT2D eigenvalue weighted by atomic mass is 35.5. The molecule has 0 aromatic heterocycles. The van der Waals surface area contributed by atoms with Crippen LogP contribution in [-0.2, 0) is 21.3 Å². The van der Waals surface area contributed by atoms with E-state index in [1.165, 1.54) is 18.2 Å². The van der Waals surface area contributed by atoms with Crippen molar-refractivity contribution in [3.63, 3.8) is 0 Å². The standard InChI is InChI=1S/C12H14ClNO5S/c1-7(2)11(12(15)16)20(19)6-8-3-4-9(13)5-10(8)14(17)18/h3-5,7,11H,6H2,1-2H3,(H,15,16). The second-order valence-electron chi connectivity index (χ2n) is 4.56. The van der Waals surface area contributed by atoms with E-state index in [1.807, 2.05) is 0 Å². The quantitative estimate of drug-likeness (QED) is 0.642. The van der Waals surface area contributed by atoms with Crippen molar-refractivity contribution < 1.29 is 19.0 Å². The summed E-state index contributed by atoms with van der Waals surface area (Å²) >= 11 is 5.69. The van der Waals surface area contributed by atoms with Crippen LogP contribution >= 0.6 is 11.6 Å². The molecule has 0 saturated carbocycles. The van der Waals surface area contributed by atoms with Crippen molar-refractivity contribution in [3.05, 3.63) is 38.9 Å². The van der Waals surface area contributed by atoms with E-state index in [2.05, 4.69) is 0 Å². The highest BCUT2D eigenvalue weighted by Gasteiger charge is 2.29. The molecule has 1 rings (SSSR count). The highest BCUT2D eigenvalue weighted by Crippen LogP contribution is 2.26. The summed E-state index contributed by atoms with van der Waals surface area (Å²) in [6, 6.07) is 4.02. The summed E-state index contributed by atoms with van der Waals surface area (Å²) in [4.78, 5) is 21.4. The van der Waals surface area contributed by atoms with Gasteiger partial charge in [0.1, 0.15) is 5.25 Å². The van der Waals surface area contributed by atoms with E-state index in [0.29, 0.717) is 0 Å². The van der Waals surface area contributed by atoms with Gasteiger partial charge in [0, 0.05) is 27.5 Å². The van der Waals surface area contributed by atoms with Crippen molar-refractivity contribution in [2.75, 3.05) is 0 Å². The molecule has 0 radical (unpaired) electrons. The topological polar surface area (TPSA) is 97.5 Å². The van der Waals surface area contributed by atoms with Crippen LogP contribution in [0.2, 0.25) is 5.02 Å². The second-order valence-corrected chi connectivity index (χ2v) is 6.55. The zero-order chi connectivity index (χ0) is 15.4. The molecule has 1 N–H and O–H groups in total. The summed E-state index contributed by atoms with van der Waals surface area (Å²) in [5, 5.41) is 19.1. The Bertz CT molecular complexity index is 561. The van der Waals surface area contributed by atoms with Gasteiger partial charge in [0.05, 0.1) is 10.7 Å². The SMILES string of the molecule is CC(C)C(C(=O)O)S(=O)Cc1ccc(Cl)cc1[N+](=O)[O-]. The van der Waals surface area contributed by atoms with Crippen molar-refractivity contribution in [2.24, 2.45) is 5.92 Å². The lowest BCUT2D eigenvalue weighted by molar-refractivity contribution is -0.385. The van der Waals surface area contributed by atoms with Crippen molar-refractivity contribution in [3.8, 4) is 0 Å². The molecule has 0 amide bonds. The lowest BCUT2D eigenvalue weighted by atomic mass is 10.1. The predicted octanol–water partition coefficient (Wildman–Crippen LogP) is 2.61. The normalized spacial score (nSPS) is 14.0. The Balaban J connectivity index is 3.07. The van der Waals surface area contributed by atoms with Crippen LogP contribution in [0.3, 0.4) is 0 Å². The number of aliphatic carboxylic acids is 1. The number of nitro benzene ring substituents is 1. The van der Waals surface area contributed by atoms with Crippen LogP contribution in [0.4, 0.5) is 5.69 Å². The Morgan fingerprint density at radius 2 is 2.10 bits per heavy atom. The maximum absolute atomic E-state index is 12.1. The number of rotatable bonds is 6. The predicted molar refractivity (Wildman–Crippen MR) is 76.2 cm³/mol. The summed E-state index contributed by atoms with van der Waals surface area (Å²) in [5.74, 6) is -1.70. The Hall–Kier alpha value is -1.47. The molecule has 0 saturated heterocycles. The van der Waals surface area contributed by atoms with Gasteiger partial charge in [-0.3, -0.25) is 19.1 Å². The second kappa shape index (κ2) is 6.81. The number of halogens is 1. The Kier molecular flexibility index (Phi) is 5.64. The molecule has 0 spiro atoms. The van der Waals surface area contributed by atoms with Gasteiger partial charge in [0.2, 0.25) is 0 Å². The fourth-order valence-corrected chi connectivity index (χ4v) is 3.50. The molecule has 0 aliphatic carbocycles. The van der Waals surface area contributed by atoms with Crippen LogP contribution in [0, 0.1) is 16.0 Å². The summed E-state index contributed by atoms with van der Waals surface area (Å²) in [6.45, 7) is 3.29. The van der Waals surface area contributed by atoms with Gasteiger partial charge in [0.15, 0.2) is 0 Å². The number of carbonyl (C=O) groups is 1. The van der Waals surface area contributed by atoms with Crippen LogP contribution < -0.4 is 0 Å². The van der Waals surface area contributed by atoms with Gasteiger partial charge in [-0.05, 0) is 18.1 Å². The molecule has 0 bridgehead atoms. The average Bonchev–Trinajstić information content (AvgIpc) is 2.30. The first-order valence-electron chi connectivity index (χ1n) is 5.76.